The minimum Gasteiger partial charge on any atom is -0.483 e. The third-order valence-electron chi connectivity index (χ3n) is 8.20. The lowest BCUT2D eigenvalue weighted by atomic mass is 10.2. The molecule has 2 atom stereocenters. The summed E-state index contributed by atoms with van der Waals surface area (Å²) in [6.45, 7) is 3.41. The van der Waals surface area contributed by atoms with Gasteiger partial charge >= 0.3 is 5.69 Å². The number of aromatic nitrogens is 5. The van der Waals surface area contributed by atoms with Crippen LogP contribution >= 0.6 is 0 Å². The third kappa shape index (κ3) is 4.77. The van der Waals surface area contributed by atoms with E-state index < -0.39 is 23.9 Å². The van der Waals surface area contributed by atoms with Crippen molar-refractivity contribution in [3.63, 3.8) is 0 Å². The topological polar surface area (TPSA) is 124 Å². The highest BCUT2D eigenvalue weighted by Gasteiger charge is 2.30. The lowest BCUT2D eigenvalue weighted by Gasteiger charge is -2.36. The molecule has 5 aromatic rings. The van der Waals surface area contributed by atoms with Gasteiger partial charge in [-0.3, -0.25) is 14.0 Å². The number of piperazine rings is 1. The van der Waals surface area contributed by atoms with Gasteiger partial charge in [0.15, 0.2) is 29.1 Å². The molecule has 2 saturated heterocycles. The Hall–Kier alpha value is -4.50. The fourth-order valence-corrected chi connectivity index (χ4v) is 5.88. The molecule has 2 aliphatic heterocycles. The molecule has 6 heterocycles. The van der Waals surface area contributed by atoms with Gasteiger partial charge in [-0.25, -0.2) is 18.0 Å². The summed E-state index contributed by atoms with van der Waals surface area (Å²) in [4.78, 5) is 21.8. The zero-order valence-corrected chi connectivity index (χ0v) is 23.3. The molecule has 3 N–H and O–H groups in total. The van der Waals surface area contributed by atoms with Crippen molar-refractivity contribution >= 4 is 28.3 Å². The van der Waals surface area contributed by atoms with Gasteiger partial charge in [0.1, 0.15) is 23.1 Å². The van der Waals surface area contributed by atoms with Gasteiger partial charge in [-0.2, -0.15) is 14.6 Å². The predicted octanol–water partition coefficient (Wildman–Crippen LogP) is 2.01. The number of furan rings is 1. The number of alkyl halides is 1. The van der Waals surface area contributed by atoms with E-state index in [4.69, 9.17) is 14.9 Å². The monoisotopic (exact) mass is 597 g/mol. The van der Waals surface area contributed by atoms with Crippen LogP contribution in [0.25, 0.3) is 28.1 Å². The number of nitrogens with zero attached hydrogens (tertiary/aromatic N) is 7. The molecule has 0 spiro atoms. The first-order valence-electron chi connectivity index (χ1n) is 14.0. The fraction of sp³-hybridized carbons (Fsp3) is 0.393. The number of ether oxygens (including phenoxy) is 1. The van der Waals surface area contributed by atoms with Crippen molar-refractivity contribution in [1.29, 1.82) is 0 Å². The van der Waals surface area contributed by atoms with Gasteiger partial charge in [0.2, 0.25) is 5.95 Å². The smallest absolute Gasteiger partial charge is 0.330 e. The number of anilines is 2. The van der Waals surface area contributed by atoms with Crippen LogP contribution < -0.4 is 26.4 Å². The van der Waals surface area contributed by atoms with Crippen molar-refractivity contribution in [2.45, 2.75) is 18.8 Å². The Morgan fingerprint density at radius 3 is 2.65 bits per heavy atom. The van der Waals surface area contributed by atoms with Crippen LogP contribution in [-0.2, 0) is 13.6 Å². The van der Waals surface area contributed by atoms with Gasteiger partial charge in [-0.05, 0) is 18.2 Å². The fourth-order valence-electron chi connectivity index (χ4n) is 5.88. The molecule has 0 saturated carbocycles. The molecule has 2 fully saturated rings. The number of imidazole rings is 1. The zero-order valence-electron chi connectivity index (χ0n) is 23.3. The molecule has 4 aromatic heterocycles. The molecule has 0 unspecified atom stereocenters. The van der Waals surface area contributed by atoms with Crippen LogP contribution in [0.2, 0.25) is 0 Å². The predicted molar refractivity (Wildman–Crippen MR) is 153 cm³/mol. The average molecular weight is 598 g/mol. The summed E-state index contributed by atoms with van der Waals surface area (Å²) < 4.78 is 58.9. The molecule has 0 radical (unpaired) electrons. The Morgan fingerprint density at radius 1 is 1.12 bits per heavy atom. The Morgan fingerprint density at radius 2 is 1.93 bits per heavy atom. The second kappa shape index (κ2) is 10.6. The molecular formula is C28H30F3N9O3. The second-order valence-corrected chi connectivity index (χ2v) is 10.8. The highest BCUT2D eigenvalue weighted by molar-refractivity contribution is 5.91. The number of nitrogens with two attached hydrogens (primary N) is 1. The molecule has 1 aromatic carbocycles. The van der Waals surface area contributed by atoms with Gasteiger partial charge in [0.25, 0.3) is 0 Å². The van der Waals surface area contributed by atoms with Crippen LogP contribution in [-0.4, -0.2) is 86.7 Å². The molecule has 0 bridgehead atoms. The van der Waals surface area contributed by atoms with Gasteiger partial charge < -0.3 is 25.1 Å². The Balaban J connectivity index is 1.06. The summed E-state index contributed by atoms with van der Waals surface area (Å²) in [5.41, 5.74) is 8.49. The molecule has 0 amide bonds. The van der Waals surface area contributed by atoms with Crippen LogP contribution in [0.4, 0.5) is 24.8 Å². The van der Waals surface area contributed by atoms with Crippen molar-refractivity contribution < 1.29 is 22.3 Å². The highest BCUT2D eigenvalue weighted by atomic mass is 19.1. The number of hydrogen-bond acceptors (Lipinski definition) is 9. The summed E-state index contributed by atoms with van der Waals surface area (Å²) in [5, 5.41) is 7.36. The summed E-state index contributed by atoms with van der Waals surface area (Å²) in [5.74, 6) is -1.01. The second-order valence-electron chi connectivity index (χ2n) is 10.8. The lowest BCUT2D eigenvalue weighted by molar-refractivity contribution is 0.134. The third-order valence-corrected chi connectivity index (χ3v) is 8.20. The van der Waals surface area contributed by atoms with Crippen LogP contribution in [0, 0.1) is 11.6 Å². The van der Waals surface area contributed by atoms with Crippen molar-refractivity contribution in [3.05, 3.63) is 58.7 Å². The van der Waals surface area contributed by atoms with E-state index in [2.05, 4.69) is 20.3 Å². The zero-order chi connectivity index (χ0) is 29.8. The van der Waals surface area contributed by atoms with Crippen molar-refractivity contribution in [1.82, 2.24) is 33.9 Å². The van der Waals surface area contributed by atoms with Crippen LogP contribution in [0.3, 0.4) is 0 Å². The molecule has 0 aliphatic carbocycles. The van der Waals surface area contributed by atoms with Crippen molar-refractivity contribution in [2.75, 3.05) is 56.4 Å². The average Bonchev–Trinajstić information content (AvgIpc) is 3.79. The maximum atomic E-state index is 14.8. The minimum absolute atomic E-state index is 0.136. The van der Waals surface area contributed by atoms with Crippen LogP contribution in [0.5, 0.6) is 5.75 Å². The number of nitrogens with one attached hydrogen (secondary N) is 1. The van der Waals surface area contributed by atoms with Gasteiger partial charge in [0, 0.05) is 71.5 Å². The standard InChI is InChI=1S/C28H30F3N9O3/c1-36-25-21-12-19(22-3-2-10-42-22)35-40(21)27(32)34-26(25)39(28(36)41)9-6-37-4-7-38(8-5-37)20-13-23(17(30)11-16(20)29)43-24-15-33-14-18(24)31/h2-3,10-13,18,24,33H,4-9,14-15H2,1H3,(H2,32,34)/t18-,24+/m1/s1. The van der Waals surface area contributed by atoms with E-state index in [9.17, 15) is 18.0 Å². The van der Waals surface area contributed by atoms with Gasteiger partial charge in [0.05, 0.1) is 17.5 Å². The van der Waals surface area contributed by atoms with E-state index in [1.807, 2.05) is 11.0 Å². The molecule has 12 nitrogen and oxygen atoms in total. The molecule has 226 valence electrons. The number of nitrogen functional groups attached to an aromatic ring is 1. The Labute approximate surface area is 243 Å². The lowest BCUT2D eigenvalue weighted by Crippen LogP contribution is -2.47. The first-order valence-corrected chi connectivity index (χ1v) is 14.0. The van der Waals surface area contributed by atoms with E-state index in [0.29, 0.717) is 67.4 Å². The molecular weight excluding hydrogens is 567 g/mol. The number of benzene rings is 1. The van der Waals surface area contributed by atoms with Gasteiger partial charge in [-0.15, -0.1) is 0 Å². The van der Waals surface area contributed by atoms with E-state index in [0.717, 1.165) is 6.07 Å². The maximum absolute atomic E-state index is 14.8. The van der Waals surface area contributed by atoms with E-state index >= 15 is 0 Å². The largest absolute Gasteiger partial charge is 0.483 e. The summed E-state index contributed by atoms with van der Waals surface area (Å²) in [7, 11) is 1.68. The summed E-state index contributed by atoms with van der Waals surface area (Å²) in [6, 6.07) is 7.47. The first-order chi connectivity index (χ1) is 20.8. The molecule has 7 rings (SSSR count). The number of hydrogen-bond donors (Lipinski definition) is 2. The molecule has 15 heteroatoms. The SMILES string of the molecule is Cn1c(=O)n(CCN2CCN(c3cc(O[C@H]4CNC[C@H]4F)c(F)cc3F)CC2)c2nc(N)n3nc(-c4ccco4)cc3c21. The van der Waals surface area contributed by atoms with Crippen molar-refractivity contribution in [3.8, 4) is 17.2 Å². The van der Waals surface area contributed by atoms with Crippen LogP contribution in [0.15, 0.2) is 45.8 Å². The minimum atomic E-state index is -1.26. The Kier molecular flexibility index (Phi) is 6.77. The summed E-state index contributed by atoms with van der Waals surface area (Å²) >= 11 is 0. The van der Waals surface area contributed by atoms with Gasteiger partial charge in [-0.1, -0.05) is 0 Å². The van der Waals surface area contributed by atoms with E-state index in [1.54, 1.807) is 30.0 Å². The first kappa shape index (κ1) is 27.3. The number of fused-ring (bicyclic) bond motifs is 3. The molecule has 43 heavy (non-hydrogen) atoms. The molecule has 2 aliphatic rings. The van der Waals surface area contributed by atoms with E-state index in [1.165, 1.54) is 15.1 Å². The quantitative estimate of drug-likeness (QED) is 0.290. The number of halogens is 3. The number of aryl methyl sites for hydroxylation is 1. The number of rotatable bonds is 7. The highest BCUT2D eigenvalue weighted by Crippen LogP contribution is 2.31. The summed E-state index contributed by atoms with van der Waals surface area (Å²) in [6.07, 6.45) is -0.528. The maximum Gasteiger partial charge on any atom is 0.330 e. The van der Waals surface area contributed by atoms with Crippen molar-refractivity contribution in [2.24, 2.45) is 7.05 Å². The normalized spacial score (nSPS) is 19.7. The van der Waals surface area contributed by atoms with Crippen LogP contribution in [0.1, 0.15) is 0 Å². The van der Waals surface area contributed by atoms with E-state index in [-0.39, 0.29) is 36.2 Å². The Bertz CT molecular complexity index is 1860.